The molecule has 0 spiro atoms. The minimum absolute atomic E-state index is 0.0973. The van der Waals surface area contributed by atoms with E-state index < -0.39 is 10.5 Å². The van der Waals surface area contributed by atoms with E-state index in [9.17, 15) is 15.2 Å². The fourth-order valence-corrected chi connectivity index (χ4v) is 2.72. The van der Waals surface area contributed by atoms with Gasteiger partial charge in [0.15, 0.2) is 0 Å². The number of rotatable bonds is 6. The first-order valence-electron chi connectivity index (χ1n) is 6.11. The van der Waals surface area contributed by atoms with Gasteiger partial charge in [0.2, 0.25) is 0 Å². The van der Waals surface area contributed by atoms with Crippen LogP contribution in [-0.2, 0) is 0 Å². The van der Waals surface area contributed by atoms with E-state index in [1.54, 1.807) is 19.1 Å². The molecular formula is C13H19IN2O3. The molecule has 0 saturated heterocycles. The van der Waals surface area contributed by atoms with Crippen LogP contribution < -0.4 is 5.32 Å². The van der Waals surface area contributed by atoms with Crippen molar-refractivity contribution < 1.29 is 10.0 Å². The molecule has 2 N–H and O–H groups in total. The lowest BCUT2D eigenvalue weighted by molar-refractivity contribution is -0.385. The third-order valence-corrected chi connectivity index (χ3v) is 3.53. The molecule has 1 rings (SSSR count). The fourth-order valence-electron chi connectivity index (χ4n) is 2.01. The molecule has 19 heavy (non-hydrogen) atoms. The highest BCUT2D eigenvalue weighted by atomic mass is 127. The normalized spacial score (nSPS) is 14.2. The van der Waals surface area contributed by atoms with Gasteiger partial charge in [0.1, 0.15) is 0 Å². The van der Waals surface area contributed by atoms with Gasteiger partial charge in [0, 0.05) is 18.3 Å². The van der Waals surface area contributed by atoms with Crippen molar-refractivity contribution in [2.75, 3.05) is 11.9 Å². The Morgan fingerprint density at radius 2 is 2.16 bits per heavy atom. The van der Waals surface area contributed by atoms with Crippen LogP contribution in [0.4, 0.5) is 11.4 Å². The quantitative estimate of drug-likeness (QED) is 0.452. The monoisotopic (exact) mass is 378 g/mol. The summed E-state index contributed by atoms with van der Waals surface area (Å²) in [5.74, 6) is 0.411. The molecule has 0 aliphatic heterocycles. The number of halogens is 1. The molecule has 0 radical (unpaired) electrons. The summed E-state index contributed by atoms with van der Waals surface area (Å²) in [6.07, 6.45) is 0.698. The van der Waals surface area contributed by atoms with Crippen LogP contribution in [0.25, 0.3) is 0 Å². The van der Waals surface area contributed by atoms with Crippen molar-refractivity contribution in [3.8, 4) is 0 Å². The maximum absolute atomic E-state index is 10.7. The van der Waals surface area contributed by atoms with Gasteiger partial charge in [0.05, 0.1) is 14.1 Å². The smallest absolute Gasteiger partial charge is 0.282 e. The van der Waals surface area contributed by atoms with Crippen LogP contribution in [0.5, 0.6) is 0 Å². The minimum Gasteiger partial charge on any atom is -0.388 e. The topological polar surface area (TPSA) is 75.4 Å². The zero-order valence-corrected chi connectivity index (χ0v) is 13.5. The maximum Gasteiger partial charge on any atom is 0.282 e. The second-order valence-electron chi connectivity index (χ2n) is 5.37. The predicted molar refractivity (Wildman–Crippen MR) is 84.4 cm³/mol. The van der Waals surface area contributed by atoms with E-state index in [2.05, 4.69) is 19.2 Å². The van der Waals surface area contributed by atoms with Crippen molar-refractivity contribution >= 4 is 34.0 Å². The van der Waals surface area contributed by atoms with E-state index >= 15 is 0 Å². The number of nitro groups is 1. The van der Waals surface area contributed by atoms with E-state index in [4.69, 9.17) is 0 Å². The Morgan fingerprint density at radius 1 is 1.53 bits per heavy atom. The van der Waals surface area contributed by atoms with Gasteiger partial charge in [-0.1, -0.05) is 13.8 Å². The lowest BCUT2D eigenvalue weighted by Crippen LogP contribution is -2.34. The standard InChI is InChI=1S/C13H19IN2O3/c1-9(2)7-13(3,17)8-15-10-4-5-12(16(18)19)11(14)6-10/h4-6,9,15,17H,7-8H2,1-3H3. The minimum atomic E-state index is -0.790. The number of nitrogens with one attached hydrogen (secondary N) is 1. The first-order chi connectivity index (χ1) is 8.71. The molecule has 0 amide bonds. The molecule has 0 aliphatic carbocycles. The highest BCUT2D eigenvalue weighted by Crippen LogP contribution is 2.25. The van der Waals surface area contributed by atoms with E-state index in [0.717, 1.165) is 5.69 Å². The summed E-state index contributed by atoms with van der Waals surface area (Å²) in [6.45, 7) is 6.32. The summed E-state index contributed by atoms with van der Waals surface area (Å²) in [5, 5.41) is 24.0. The van der Waals surface area contributed by atoms with E-state index in [1.165, 1.54) is 6.07 Å². The summed E-state index contributed by atoms with van der Waals surface area (Å²) in [7, 11) is 0. The van der Waals surface area contributed by atoms with Crippen LogP contribution >= 0.6 is 22.6 Å². The first kappa shape index (κ1) is 16.2. The molecule has 0 bridgehead atoms. The summed E-state index contributed by atoms with van der Waals surface area (Å²) < 4.78 is 0.580. The second-order valence-corrected chi connectivity index (χ2v) is 6.53. The Kier molecular flexibility index (Phi) is 5.54. The van der Waals surface area contributed by atoms with E-state index in [0.29, 0.717) is 22.5 Å². The third kappa shape index (κ3) is 5.32. The molecule has 106 valence electrons. The Hall–Kier alpha value is -0.890. The number of nitro benzene ring substituents is 1. The zero-order chi connectivity index (χ0) is 14.6. The Balaban J connectivity index is 2.69. The summed E-state index contributed by atoms with van der Waals surface area (Å²) in [5.41, 5.74) is 0.0839. The predicted octanol–water partition coefficient (Wildman–Crippen LogP) is 3.41. The van der Waals surface area contributed by atoms with Gasteiger partial charge < -0.3 is 10.4 Å². The maximum atomic E-state index is 10.7. The Bertz CT molecular complexity index is 461. The molecule has 0 fully saturated rings. The van der Waals surface area contributed by atoms with Gasteiger partial charge in [-0.15, -0.1) is 0 Å². The molecule has 6 heteroatoms. The van der Waals surface area contributed by atoms with Crippen LogP contribution in [0, 0.1) is 19.6 Å². The molecule has 1 unspecified atom stereocenters. The van der Waals surface area contributed by atoms with Gasteiger partial charge in [-0.3, -0.25) is 10.1 Å². The molecule has 0 saturated carbocycles. The summed E-state index contributed by atoms with van der Waals surface area (Å²) in [4.78, 5) is 10.3. The van der Waals surface area contributed by atoms with Crippen LogP contribution in [0.2, 0.25) is 0 Å². The second kappa shape index (κ2) is 6.51. The SMILES string of the molecule is CC(C)CC(C)(O)CNc1ccc([N+](=O)[O-])c(I)c1. The molecule has 1 aromatic rings. The van der Waals surface area contributed by atoms with Crippen molar-refractivity contribution in [1.82, 2.24) is 0 Å². The van der Waals surface area contributed by atoms with Crippen LogP contribution in [0.3, 0.4) is 0 Å². The largest absolute Gasteiger partial charge is 0.388 e. The van der Waals surface area contributed by atoms with Crippen LogP contribution in [0.15, 0.2) is 18.2 Å². The van der Waals surface area contributed by atoms with Crippen molar-refractivity contribution in [1.29, 1.82) is 0 Å². The van der Waals surface area contributed by atoms with Gasteiger partial charge in [-0.05, 0) is 54.0 Å². The van der Waals surface area contributed by atoms with Gasteiger partial charge in [0.25, 0.3) is 5.69 Å². The van der Waals surface area contributed by atoms with Crippen LogP contribution in [-0.4, -0.2) is 22.2 Å². The van der Waals surface area contributed by atoms with Crippen LogP contribution in [0.1, 0.15) is 27.2 Å². The third-order valence-electron chi connectivity index (χ3n) is 2.67. The molecule has 1 aromatic carbocycles. The average Bonchev–Trinajstić information content (AvgIpc) is 2.24. The highest BCUT2D eigenvalue weighted by molar-refractivity contribution is 14.1. The number of hydrogen-bond donors (Lipinski definition) is 2. The lowest BCUT2D eigenvalue weighted by atomic mass is 9.94. The number of hydrogen-bond acceptors (Lipinski definition) is 4. The van der Waals surface area contributed by atoms with Crippen molar-refractivity contribution in [3.63, 3.8) is 0 Å². The zero-order valence-electron chi connectivity index (χ0n) is 11.3. The van der Waals surface area contributed by atoms with E-state index in [1.807, 2.05) is 22.6 Å². The number of anilines is 1. The molecule has 0 aliphatic rings. The molecular weight excluding hydrogens is 359 g/mol. The first-order valence-corrected chi connectivity index (χ1v) is 7.19. The van der Waals surface area contributed by atoms with Gasteiger partial charge in [-0.25, -0.2) is 0 Å². The summed E-state index contributed by atoms with van der Waals surface area (Å²) >= 11 is 1.94. The molecule has 5 nitrogen and oxygen atoms in total. The molecule has 1 atom stereocenters. The number of nitrogens with zero attached hydrogens (tertiary/aromatic N) is 1. The molecule has 0 heterocycles. The Morgan fingerprint density at radius 3 is 2.63 bits per heavy atom. The average molecular weight is 378 g/mol. The number of aliphatic hydroxyl groups is 1. The van der Waals surface area contributed by atoms with Crippen molar-refractivity contribution in [3.05, 3.63) is 31.9 Å². The van der Waals surface area contributed by atoms with Crippen molar-refractivity contribution in [2.24, 2.45) is 5.92 Å². The lowest BCUT2D eigenvalue weighted by Gasteiger charge is -2.26. The van der Waals surface area contributed by atoms with Gasteiger partial charge >= 0.3 is 0 Å². The summed E-state index contributed by atoms with van der Waals surface area (Å²) in [6, 6.07) is 4.84. The van der Waals surface area contributed by atoms with Gasteiger partial charge in [-0.2, -0.15) is 0 Å². The van der Waals surface area contributed by atoms with E-state index in [-0.39, 0.29) is 5.69 Å². The fraction of sp³-hybridized carbons (Fsp3) is 0.538. The number of benzene rings is 1. The van der Waals surface area contributed by atoms with Crippen molar-refractivity contribution in [2.45, 2.75) is 32.8 Å². The highest BCUT2D eigenvalue weighted by Gasteiger charge is 2.21. The Labute approximate surface area is 126 Å². The molecule has 0 aromatic heterocycles.